The van der Waals surface area contributed by atoms with Gasteiger partial charge in [-0.2, -0.15) is 4.31 Å². The first-order chi connectivity index (χ1) is 22.2. The second-order valence-electron chi connectivity index (χ2n) is 12.3. The maximum Gasteiger partial charge on any atom is 0.243 e. The molecule has 2 amide bonds. The summed E-state index contributed by atoms with van der Waals surface area (Å²) in [4.78, 5) is 26.4. The van der Waals surface area contributed by atoms with E-state index >= 15 is 0 Å². The number of sulfonamides is 1. The summed E-state index contributed by atoms with van der Waals surface area (Å²) in [6, 6.07) is 16.0. The molecule has 0 saturated heterocycles. The first-order valence-corrected chi connectivity index (χ1v) is 16.9. The molecule has 0 spiro atoms. The highest BCUT2D eigenvalue weighted by Gasteiger charge is 2.33. The normalized spacial score (nSPS) is 13.8. The highest BCUT2D eigenvalue weighted by molar-refractivity contribution is 7.89. The maximum atomic E-state index is 13.9. The van der Waals surface area contributed by atoms with Crippen molar-refractivity contribution in [2.45, 2.75) is 63.7 Å². The van der Waals surface area contributed by atoms with Crippen molar-refractivity contribution < 1.29 is 31.9 Å². The Labute approximate surface area is 275 Å². The fraction of sp³-hybridized carbons (Fsp3) is 0.412. The SMILES string of the molecule is CC(C)CN(C[C@@H](O)[C@H](Cc1ccccc1)NC(=O)[C@@H](NC(=O)CNCc1cc(F)ccc1F)C(C)C)S(=O)(=O)c1ccc(N)cc1. The number of halogens is 2. The lowest BCUT2D eigenvalue weighted by molar-refractivity contribution is -0.130. The van der Waals surface area contributed by atoms with E-state index in [0.29, 0.717) is 5.69 Å². The molecular weight excluding hydrogens is 628 g/mol. The Balaban J connectivity index is 1.77. The van der Waals surface area contributed by atoms with E-state index in [1.165, 1.54) is 28.6 Å². The van der Waals surface area contributed by atoms with Crippen LogP contribution in [0.4, 0.5) is 14.5 Å². The maximum absolute atomic E-state index is 13.9. The topological polar surface area (TPSA) is 154 Å². The van der Waals surface area contributed by atoms with Crippen molar-refractivity contribution in [3.8, 4) is 0 Å². The highest BCUT2D eigenvalue weighted by Crippen LogP contribution is 2.20. The predicted molar refractivity (Wildman–Crippen MR) is 177 cm³/mol. The van der Waals surface area contributed by atoms with Gasteiger partial charge in [-0.15, -0.1) is 0 Å². The van der Waals surface area contributed by atoms with Gasteiger partial charge in [0, 0.05) is 30.9 Å². The summed E-state index contributed by atoms with van der Waals surface area (Å²) in [6.07, 6.45) is -1.14. The molecule has 13 heteroatoms. The zero-order valence-corrected chi connectivity index (χ0v) is 27.9. The molecular formula is C34H45F2N5O5S. The minimum atomic E-state index is -4.03. The van der Waals surface area contributed by atoms with E-state index in [1.54, 1.807) is 13.8 Å². The zero-order chi connectivity index (χ0) is 34.7. The first-order valence-electron chi connectivity index (χ1n) is 15.5. The van der Waals surface area contributed by atoms with Gasteiger partial charge in [-0.05, 0) is 66.3 Å². The highest BCUT2D eigenvalue weighted by atomic mass is 32.2. The third-order valence-electron chi connectivity index (χ3n) is 7.44. The van der Waals surface area contributed by atoms with E-state index < -0.39 is 51.7 Å². The van der Waals surface area contributed by atoms with Crippen LogP contribution in [0.2, 0.25) is 0 Å². The number of carbonyl (C=O) groups is 2. The molecule has 3 aromatic carbocycles. The van der Waals surface area contributed by atoms with Crippen LogP contribution in [0.3, 0.4) is 0 Å². The van der Waals surface area contributed by atoms with Crippen LogP contribution >= 0.6 is 0 Å². The van der Waals surface area contributed by atoms with Crippen LogP contribution in [0.15, 0.2) is 77.7 Å². The van der Waals surface area contributed by atoms with E-state index in [2.05, 4.69) is 16.0 Å². The van der Waals surface area contributed by atoms with Crippen LogP contribution in [-0.4, -0.2) is 67.5 Å². The number of carbonyl (C=O) groups excluding carboxylic acids is 2. The average molecular weight is 674 g/mol. The fourth-order valence-electron chi connectivity index (χ4n) is 4.98. The number of nitrogens with two attached hydrogens (primary N) is 1. The molecule has 3 aromatic rings. The van der Waals surface area contributed by atoms with Crippen LogP contribution in [0, 0.1) is 23.5 Å². The Morgan fingerprint density at radius 2 is 1.57 bits per heavy atom. The molecule has 0 aromatic heterocycles. The molecule has 3 rings (SSSR count). The van der Waals surface area contributed by atoms with Gasteiger partial charge in [0.15, 0.2) is 0 Å². The number of hydrogen-bond donors (Lipinski definition) is 5. The largest absolute Gasteiger partial charge is 0.399 e. The van der Waals surface area contributed by atoms with Gasteiger partial charge in [-0.1, -0.05) is 58.0 Å². The molecule has 0 aliphatic carbocycles. The molecule has 0 bridgehead atoms. The van der Waals surface area contributed by atoms with E-state index in [0.717, 1.165) is 23.8 Å². The van der Waals surface area contributed by atoms with Crippen molar-refractivity contribution in [3.05, 3.63) is 95.6 Å². The lowest BCUT2D eigenvalue weighted by atomic mass is 9.98. The molecule has 3 atom stereocenters. The number of nitrogens with one attached hydrogen (secondary N) is 3. The number of hydrogen-bond acceptors (Lipinski definition) is 7. The van der Waals surface area contributed by atoms with Gasteiger partial charge < -0.3 is 26.8 Å². The van der Waals surface area contributed by atoms with Crippen LogP contribution in [0.1, 0.15) is 38.8 Å². The lowest BCUT2D eigenvalue weighted by Gasteiger charge is -2.32. The predicted octanol–water partition coefficient (Wildman–Crippen LogP) is 3.21. The summed E-state index contributed by atoms with van der Waals surface area (Å²) in [6.45, 7) is 6.65. The van der Waals surface area contributed by atoms with Gasteiger partial charge in [0.1, 0.15) is 17.7 Å². The van der Waals surface area contributed by atoms with Crippen molar-refractivity contribution in [1.82, 2.24) is 20.3 Å². The molecule has 0 saturated carbocycles. The summed E-state index contributed by atoms with van der Waals surface area (Å²) in [5.74, 6) is -2.77. The molecule has 47 heavy (non-hydrogen) atoms. The number of rotatable bonds is 17. The quantitative estimate of drug-likeness (QED) is 0.138. The third kappa shape index (κ3) is 11.4. The second-order valence-corrected chi connectivity index (χ2v) is 14.2. The van der Waals surface area contributed by atoms with Crippen molar-refractivity contribution >= 4 is 27.5 Å². The molecule has 0 heterocycles. The first kappa shape index (κ1) is 37.5. The van der Waals surface area contributed by atoms with Crippen molar-refractivity contribution in [2.24, 2.45) is 11.8 Å². The number of aliphatic hydroxyl groups is 1. The molecule has 0 fully saturated rings. The van der Waals surface area contributed by atoms with Gasteiger partial charge >= 0.3 is 0 Å². The summed E-state index contributed by atoms with van der Waals surface area (Å²) in [7, 11) is -4.03. The van der Waals surface area contributed by atoms with Crippen molar-refractivity contribution in [2.75, 3.05) is 25.4 Å². The summed E-state index contributed by atoms with van der Waals surface area (Å²) < 4.78 is 55.9. The van der Waals surface area contributed by atoms with E-state index in [9.17, 15) is 31.9 Å². The van der Waals surface area contributed by atoms with E-state index in [1.807, 2.05) is 44.2 Å². The summed E-state index contributed by atoms with van der Waals surface area (Å²) in [5.41, 5.74) is 7.02. The third-order valence-corrected chi connectivity index (χ3v) is 9.29. The number of amides is 2. The molecule has 0 aliphatic rings. The van der Waals surface area contributed by atoms with Crippen LogP contribution < -0.4 is 21.7 Å². The monoisotopic (exact) mass is 673 g/mol. The zero-order valence-electron chi connectivity index (χ0n) is 27.1. The molecule has 256 valence electrons. The van der Waals surface area contributed by atoms with Crippen LogP contribution in [0.25, 0.3) is 0 Å². The van der Waals surface area contributed by atoms with Crippen molar-refractivity contribution in [3.63, 3.8) is 0 Å². The van der Waals surface area contributed by atoms with Gasteiger partial charge in [-0.3, -0.25) is 9.59 Å². The lowest BCUT2D eigenvalue weighted by Crippen LogP contribution is -2.57. The van der Waals surface area contributed by atoms with Crippen LogP contribution in [-0.2, 0) is 32.6 Å². The number of nitrogens with zero attached hydrogens (tertiary/aromatic N) is 1. The minimum absolute atomic E-state index is 0.0273. The molecule has 0 aliphatic heterocycles. The number of aliphatic hydroxyl groups excluding tert-OH is 1. The Morgan fingerprint density at radius 1 is 0.915 bits per heavy atom. The number of benzene rings is 3. The summed E-state index contributed by atoms with van der Waals surface area (Å²) in [5, 5.41) is 19.8. The smallest absolute Gasteiger partial charge is 0.243 e. The Hall–Kier alpha value is -3.91. The van der Waals surface area contributed by atoms with Gasteiger partial charge in [0.25, 0.3) is 0 Å². The van der Waals surface area contributed by atoms with Gasteiger partial charge in [-0.25, -0.2) is 17.2 Å². The molecule has 0 unspecified atom stereocenters. The van der Waals surface area contributed by atoms with E-state index in [4.69, 9.17) is 5.73 Å². The van der Waals surface area contributed by atoms with E-state index in [-0.39, 0.29) is 54.9 Å². The minimum Gasteiger partial charge on any atom is -0.399 e. The van der Waals surface area contributed by atoms with Gasteiger partial charge in [0.05, 0.1) is 23.6 Å². The standard InChI is InChI=1S/C34H45F2N5O5S/c1-22(2)20-41(47(45,46)28-13-11-27(37)12-14-28)21-31(42)30(16-24-8-6-5-7-9-24)39-34(44)33(23(3)4)40-32(43)19-38-18-25-17-26(35)10-15-29(25)36/h5-15,17,22-23,30-31,33,38,42H,16,18-21,37H2,1-4H3,(H,39,44)(H,40,43)/t30-,31+,33-/m0/s1. The molecule has 6 N–H and O–H groups in total. The van der Waals surface area contributed by atoms with Gasteiger partial charge in [0.2, 0.25) is 21.8 Å². The average Bonchev–Trinajstić information content (AvgIpc) is 3.01. The van der Waals surface area contributed by atoms with Crippen molar-refractivity contribution in [1.29, 1.82) is 0 Å². The van der Waals surface area contributed by atoms with Crippen LogP contribution in [0.5, 0.6) is 0 Å². The fourth-order valence-corrected chi connectivity index (χ4v) is 6.60. The number of anilines is 1. The Bertz CT molecular complexity index is 1570. The molecule has 10 nitrogen and oxygen atoms in total. The Morgan fingerprint density at radius 3 is 2.19 bits per heavy atom. The summed E-state index contributed by atoms with van der Waals surface area (Å²) >= 11 is 0. The number of nitrogen functional groups attached to an aromatic ring is 1. The Kier molecular flexibility index (Phi) is 13.8. The molecule has 0 radical (unpaired) electrons. The second kappa shape index (κ2) is 17.3.